The van der Waals surface area contributed by atoms with Crippen LogP contribution in [0.15, 0.2) is 52.9 Å². The highest BCUT2D eigenvalue weighted by Gasteiger charge is 2.24. The van der Waals surface area contributed by atoms with Crippen LogP contribution in [0.2, 0.25) is 0 Å². The van der Waals surface area contributed by atoms with Crippen LogP contribution in [0.3, 0.4) is 0 Å². The van der Waals surface area contributed by atoms with Gasteiger partial charge in [0.25, 0.3) is 5.91 Å². The highest BCUT2D eigenvalue weighted by molar-refractivity contribution is 5.95. The van der Waals surface area contributed by atoms with Gasteiger partial charge in [-0.1, -0.05) is 6.07 Å². The van der Waals surface area contributed by atoms with E-state index in [1.165, 1.54) is 0 Å². The van der Waals surface area contributed by atoms with E-state index in [9.17, 15) is 4.79 Å². The Balaban J connectivity index is 1.44. The van der Waals surface area contributed by atoms with Crippen LogP contribution in [0.25, 0.3) is 11.5 Å². The van der Waals surface area contributed by atoms with Gasteiger partial charge in [0.15, 0.2) is 0 Å². The van der Waals surface area contributed by atoms with Crippen LogP contribution in [-0.2, 0) is 0 Å². The van der Waals surface area contributed by atoms with Gasteiger partial charge in [0, 0.05) is 22.9 Å². The second kappa shape index (κ2) is 7.72. The molecule has 28 heavy (non-hydrogen) atoms. The van der Waals surface area contributed by atoms with Crippen molar-refractivity contribution in [3.63, 3.8) is 0 Å². The summed E-state index contributed by atoms with van der Waals surface area (Å²) in [7, 11) is 1.62. The summed E-state index contributed by atoms with van der Waals surface area (Å²) < 4.78 is 11.0. The largest absolute Gasteiger partial charge is 0.497 e. The second-order valence-electron chi connectivity index (χ2n) is 6.87. The smallest absolute Gasteiger partial charge is 0.251 e. The molecular weight excluding hydrogens is 356 g/mol. The minimum atomic E-state index is -0.207. The normalized spacial score (nSPS) is 14.4. The van der Waals surface area contributed by atoms with E-state index >= 15 is 0 Å². The molecule has 0 radical (unpaired) electrons. The van der Waals surface area contributed by atoms with Gasteiger partial charge in [0.1, 0.15) is 11.8 Å². The molecule has 1 aliphatic rings. The number of anilines is 1. The summed E-state index contributed by atoms with van der Waals surface area (Å²) in [6, 6.07) is 15.0. The molecule has 1 amide bonds. The van der Waals surface area contributed by atoms with Gasteiger partial charge in [-0.2, -0.15) is 0 Å². The van der Waals surface area contributed by atoms with Crippen molar-refractivity contribution in [2.24, 2.45) is 0 Å². The molecule has 4 rings (SSSR count). The van der Waals surface area contributed by atoms with Gasteiger partial charge >= 0.3 is 0 Å². The Hall–Kier alpha value is -3.35. The minimum Gasteiger partial charge on any atom is -0.497 e. The van der Waals surface area contributed by atoms with E-state index < -0.39 is 0 Å². The number of methoxy groups -OCH3 is 1. The van der Waals surface area contributed by atoms with Crippen molar-refractivity contribution >= 4 is 11.6 Å². The Morgan fingerprint density at radius 3 is 2.68 bits per heavy atom. The molecule has 1 fully saturated rings. The molecule has 3 aromatic rings. The quantitative estimate of drug-likeness (QED) is 0.650. The molecule has 2 N–H and O–H groups in total. The molecule has 1 atom stereocenters. The zero-order valence-corrected chi connectivity index (χ0v) is 15.8. The van der Waals surface area contributed by atoms with Crippen LogP contribution in [0, 0.1) is 0 Å². The first-order valence-electron chi connectivity index (χ1n) is 9.27. The Bertz CT molecular complexity index is 964. The molecule has 0 saturated heterocycles. The fraction of sp³-hybridized carbons (Fsp3) is 0.286. The Kier molecular flexibility index (Phi) is 4.97. The number of ether oxygens (including phenoxy) is 1. The number of carbonyl (C=O) groups excluding carboxylic acids is 1. The lowest BCUT2D eigenvalue weighted by Gasteiger charge is -2.12. The zero-order chi connectivity index (χ0) is 19.5. The highest BCUT2D eigenvalue weighted by atomic mass is 16.5. The summed E-state index contributed by atoms with van der Waals surface area (Å²) in [6.45, 7) is 1.93. The predicted octanol–water partition coefficient (Wildman–Crippen LogP) is 3.81. The fourth-order valence-electron chi connectivity index (χ4n) is 2.82. The van der Waals surface area contributed by atoms with E-state index in [2.05, 4.69) is 20.8 Å². The van der Waals surface area contributed by atoms with Crippen molar-refractivity contribution in [1.82, 2.24) is 15.5 Å². The Morgan fingerprint density at radius 2 is 1.96 bits per heavy atom. The molecule has 1 saturated carbocycles. The van der Waals surface area contributed by atoms with Gasteiger partial charge in [0.2, 0.25) is 11.8 Å². The van der Waals surface area contributed by atoms with Gasteiger partial charge in [-0.3, -0.25) is 4.79 Å². The van der Waals surface area contributed by atoms with Crippen molar-refractivity contribution in [2.45, 2.75) is 31.8 Å². The fourth-order valence-corrected chi connectivity index (χ4v) is 2.82. The van der Waals surface area contributed by atoms with Crippen LogP contribution in [0.4, 0.5) is 5.69 Å². The number of benzene rings is 2. The zero-order valence-electron chi connectivity index (χ0n) is 15.8. The molecule has 7 nitrogen and oxygen atoms in total. The maximum Gasteiger partial charge on any atom is 0.251 e. The summed E-state index contributed by atoms with van der Waals surface area (Å²) in [4.78, 5) is 12.2. The maximum absolute atomic E-state index is 12.2. The highest BCUT2D eigenvalue weighted by Crippen LogP contribution is 2.25. The van der Waals surface area contributed by atoms with E-state index in [-0.39, 0.29) is 11.9 Å². The molecule has 1 aliphatic carbocycles. The number of hydrogen-bond acceptors (Lipinski definition) is 6. The van der Waals surface area contributed by atoms with Crippen LogP contribution in [0.5, 0.6) is 5.75 Å². The summed E-state index contributed by atoms with van der Waals surface area (Å²) in [5, 5.41) is 14.6. The summed E-state index contributed by atoms with van der Waals surface area (Å²) in [5.41, 5.74) is 2.28. The molecule has 0 unspecified atom stereocenters. The molecule has 1 aromatic heterocycles. The minimum absolute atomic E-state index is 0.0432. The SMILES string of the molecule is COc1ccc(-c2nnc([C@H](C)Nc3cccc(C(=O)NC4CC4)c3)o2)cc1. The van der Waals surface area contributed by atoms with Crippen LogP contribution < -0.4 is 15.4 Å². The molecule has 0 aliphatic heterocycles. The van der Waals surface area contributed by atoms with Gasteiger partial charge in [-0.15, -0.1) is 10.2 Å². The summed E-state index contributed by atoms with van der Waals surface area (Å²) >= 11 is 0. The number of nitrogens with one attached hydrogen (secondary N) is 2. The van der Waals surface area contributed by atoms with E-state index in [1.54, 1.807) is 7.11 Å². The van der Waals surface area contributed by atoms with E-state index in [1.807, 2.05) is 55.5 Å². The Labute approximate surface area is 163 Å². The predicted molar refractivity (Wildman–Crippen MR) is 105 cm³/mol. The average Bonchev–Trinajstić information content (AvgIpc) is 3.39. The Morgan fingerprint density at radius 1 is 1.18 bits per heavy atom. The second-order valence-corrected chi connectivity index (χ2v) is 6.87. The molecule has 144 valence electrons. The first-order chi connectivity index (χ1) is 13.6. The third-order valence-electron chi connectivity index (χ3n) is 4.57. The van der Waals surface area contributed by atoms with E-state index in [4.69, 9.17) is 9.15 Å². The number of carbonyl (C=O) groups is 1. The molecule has 1 heterocycles. The van der Waals surface area contributed by atoms with Crippen LogP contribution in [-0.4, -0.2) is 29.3 Å². The van der Waals surface area contributed by atoms with E-state index in [0.29, 0.717) is 23.4 Å². The number of amides is 1. The monoisotopic (exact) mass is 378 g/mol. The van der Waals surface area contributed by atoms with Crippen molar-refractivity contribution in [3.8, 4) is 17.2 Å². The molecule has 0 spiro atoms. The number of aromatic nitrogens is 2. The van der Waals surface area contributed by atoms with Crippen molar-refractivity contribution in [1.29, 1.82) is 0 Å². The molecule has 0 bridgehead atoms. The first-order valence-corrected chi connectivity index (χ1v) is 9.27. The lowest BCUT2D eigenvalue weighted by atomic mass is 10.1. The van der Waals surface area contributed by atoms with Gasteiger partial charge in [-0.25, -0.2) is 0 Å². The van der Waals surface area contributed by atoms with Crippen LogP contribution in [0.1, 0.15) is 42.1 Å². The topological polar surface area (TPSA) is 89.3 Å². The molecular formula is C21H22N4O3. The molecule has 2 aromatic carbocycles. The van der Waals surface area contributed by atoms with E-state index in [0.717, 1.165) is 29.8 Å². The third kappa shape index (κ3) is 4.14. The van der Waals surface area contributed by atoms with Crippen molar-refractivity contribution < 1.29 is 13.9 Å². The average molecular weight is 378 g/mol. The van der Waals surface area contributed by atoms with Crippen LogP contribution >= 0.6 is 0 Å². The lowest BCUT2D eigenvalue weighted by Crippen LogP contribution is -2.25. The van der Waals surface area contributed by atoms with Gasteiger partial charge in [-0.05, 0) is 62.2 Å². The molecule has 7 heteroatoms. The van der Waals surface area contributed by atoms with Crippen molar-refractivity contribution in [3.05, 3.63) is 60.0 Å². The standard InChI is InChI=1S/C21H22N4O3/c1-13(20-24-25-21(28-20)14-6-10-18(27-2)11-7-14)22-17-5-3-4-15(12-17)19(26)23-16-8-9-16/h3-7,10-13,16,22H,8-9H2,1-2H3,(H,23,26)/t13-/m0/s1. The first kappa shape index (κ1) is 18.0. The van der Waals surface area contributed by atoms with Gasteiger partial charge < -0.3 is 19.8 Å². The summed E-state index contributed by atoms with van der Waals surface area (Å²) in [5.74, 6) is 1.64. The van der Waals surface area contributed by atoms with Gasteiger partial charge in [0.05, 0.1) is 7.11 Å². The number of hydrogen-bond donors (Lipinski definition) is 2. The maximum atomic E-state index is 12.2. The number of nitrogens with zero attached hydrogens (tertiary/aromatic N) is 2. The summed E-state index contributed by atoms with van der Waals surface area (Å²) in [6.07, 6.45) is 2.13. The van der Waals surface area contributed by atoms with Crippen molar-refractivity contribution in [2.75, 3.05) is 12.4 Å². The number of rotatable bonds is 7. The third-order valence-corrected chi connectivity index (χ3v) is 4.57. The lowest BCUT2D eigenvalue weighted by molar-refractivity contribution is 0.0951.